The van der Waals surface area contributed by atoms with Gasteiger partial charge in [0.25, 0.3) is 5.91 Å². The van der Waals surface area contributed by atoms with E-state index in [4.69, 9.17) is 10.5 Å². The zero-order chi connectivity index (χ0) is 24.6. The van der Waals surface area contributed by atoms with E-state index in [1.807, 2.05) is 17.5 Å². The average molecular weight is 488 g/mol. The Bertz CT molecular complexity index is 1280. The highest BCUT2D eigenvalue weighted by molar-refractivity contribution is 7.11. The second-order valence-corrected chi connectivity index (χ2v) is 8.54. The van der Waals surface area contributed by atoms with Gasteiger partial charge >= 0.3 is 12.1 Å². The summed E-state index contributed by atoms with van der Waals surface area (Å²) in [7, 11) is 0. The fraction of sp³-hybridized carbons (Fsp3) is 0.208. The lowest BCUT2D eigenvalue weighted by Crippen LogP contribution is -2.26. The highest BCUT2D eigenvalue weighted by Crippen LogP contribution is 2.43. The molecule has 1 aliphatic rings. The van der Waals surface area contributed by atoms with Crippen molar-refractivity contribution in [2.75, 3.05) is 17.2 Å². The minimum Gasteiger partial charge on any atom is -0.462 e. The zero-order valence-electron chi connectivity index (χ0n) is 18.3. The first-order valence-corrected chi connectivity index (χ1v) is 11.2. The number of fused-ring (bicyclic) bond motifs is 1. The normalized spacial score (nSPS) is 14.6. The smallest absolute Gasteiger partial charge is 0.416 e. The predicted octanol–water partition coefficient (Wildman–Crippen LogP) is 5.32. The van der Waals surface area contributed by atoms with Crippen LogP contribution in [-0.2, 0) is 22.3 Å². The molecule has 2 aromatic heterocycles. The molecule has 2 N–H and O–H groups in total. The number of hydrogen-bond donors (Lipinski definition) is 1. The molecule has 0 saturated carbocycles. The number of benzene rings is 1. The van der Waals surface area contributed by atoms with Crippen LogP contribution in [0.15, 0.2) is 41.8 Å². The van der Waals surface area contributed by atoms with Gasteiger partial charge in [-0.15, -0.1) is 11.3 Å². The largest absolute Gasteiger partial charge is 0.462 e. The molecule has 0 spiro atoms. The highest BCUT2D eigenvalue weighted by atomic mass is 32.1. The second-order valence-electron chi connectivity index (χ2n) is 7.56. The number of nitrogen functional groups attached to an aromatic ring is 1. The summed E-state index contributed by atoms with van der Waals surface area (Å²) in [6, 6.07) is 8.23. The van der Waals surface area contributed by atoms with Crippen LogP contribution in [0.4, 0.5) is 24.7 Å². The number of thiophene rings is 1. The number of rotatable bonds is 5. The molecule has 0 unspecified atom stereocenters. The third-order valence-corrected chi connectivity index (χ3v) is 6.15. The number of amides is 1. The van der Waals surface area contributed by atoms with E-state index in [0.29, 0.717) is 11.1 Å². The summed E-state index contributed by atoms with van der Waals surface area (Å²) in [5.74, 6) is -0.810. The lowest BCUT2D eigenvalue weighted by atomic mass is 10.0. The van der Waals surface area contributed by atoms with Crippen molar-refractivity contribution in [1.82, 2.24) is 4.98 Å². The van der Waals surface area contributed by atoms with Gasteiger partial charge in [-0.1, -0.05) is 18.2 Å². The maximum Gasteiger partial charge on any atom is 0.416 e. The molecule has 0 radical (unpaired) electrons. The number of nitrogens with two attached hydrogens (primary N) is 1. The molecule has 0 aliphatic carbocycles. The Morgan fingerprint density at radius 2 is 1.94 bits per heavy atom. The van der Waals surface area contributed by atoms with E-state index < -0.39 is 23.6 Å². The van der Waals surface area contributed by atoms with E-state index in [0.717, 1.165) is 17.0 Å². The van der Waals surface area contributed by atoms with Gasteiger partial charge in [-0.2, -0.15) is 13.2 Å². The summed E-state index contributed by atoms with van der Waals surface area (Å²) in [6.45, 7) is 3.38. The highest BCUT2D eigenvalue weighted by Gasteiger charge is 2.38. The fourth-order valence-electron chi connectivity index (χ4n) is 3.76. The van der Waals surface area contributed by atoms with Crippen LogP contribution in [-0.4, -0.2) is 23.5 Å². The lowest BCUT2D eigenvalue weighted by molar-refractivity contribution is -0.137. The summed E-state index contributed by atoms with van der Waals surface area (Å²) in [5, 5.41) is 1.85. The first-order chi connectivity index (χ1) is 16.1. The molecule has 4 rings (SSSR count). The summed E-state index contributed by atoms with van der Waals surface area (Å²) < 4.78 is 43.9. The predicted molar refractivity (Wildman–Crippen MR) is 124 cm³/mol. The number of esters is 1. The second kappa shape index (κ2) is 8.94. The molecule has 0 fully saturated rings. The van der Waals surface area contributed by atoms with Crippen LogP contribution in [0.25, 0.3) is 11.6 Å². The SMILES string of the molecule is CCOC(=O)c1c(C)nc2c(c1N)/C(=C/c1cccs1)C(=O)N2Cc1ccc(C(F)(F)F)cc1. The van der Waals surface area contributed by atoms with Crippen molar-refractivity contribution in [2.24, 2.45) is 0 Å². The van der Waals surface area contributed by atoms with Gasteiger partial charge in [0.05, 0.1) is 41.2 Å². The Morgan fingerprint density at radius 1 is 1.24 bits per heavy atom. The number of aromatic nitrogens is 1. The number of carbonyl (C=O) groups is 2. The molecule has 0 bridgehead atoms. The molecule has 176 valence electrons. The lowest BCUT2D eigenvalue weighted by Gasteiger charge is -2.18. The summed E-state index contributed by atoms with van der Waals surface area (Å²) in [6.07, 6.45) is -2.79. The fourth-order valence-corrected chi connectivity index (χ4v) is 4.42. The molecule has 1 amide bonds. The van der Waals surface area contributed by atoms with Gasteiger partial charge in [0.1, 0.15) is 11.4 Å². The quantitative estimate of drug-likeness (QED) is 0.389. The van der Waals surface area contributed by atoms with Crippen LogP contribution >= 0.6 is 11.3 Å². The average Bonchev–Trinajstić information content (AvgIpc) is 3.37. The molecular weight excluding hydrogens is 467 g/mol. The number of pyridine rings is 1. The van der Waals surface area contributed by atoms with Gasteiger partial charge < -0.3 is 10.5 Å². The number of anilines is 2. The number of nitrogens with zero attached hydrogens (tertiary/aromatic N) is 2. The molecule has 10 heteroatoms. The minimum atomic E-state index is -4.46. The molecule has 6 nitrogen and oxygen atoms in total. The standard InChI is InChI=1S/C24H20F3N3O3S/c1-3-33-23(32)18-13(2)29-21-19(20(18)28)17(11-16-5-4-10-34-16)22(31)30(21)12-14-6-8-15(9-7-14)24(25,26)27/h4-11H,3,12H2,1-2H3,(H2,28,29)/b17-11-. The third kappa shape index (κ3) is 4.28. The summed E-state index contributed by atoms with van der Waals surface area (Å²) in [5.41, 5.74) is 7.10. The first kappa shape index (κ1) is 23.5. The molecule has 0 atom stereocenters. The zero-order valence-corrected chi connectivity index (χ0v) is 19.1. The van der Waals surface area contributed by atoms with E-state index in [-0.39, 0.29) is 41.5 Å². The summed E-state index contributed by atoms with van der Waals surface area (Å²) in [4.78, 5) is 32.6. The van der Waals surface area contributed by atoms with E-state index >= 15 is 0 Å². The molecule has 3 heterocycles. The molecule has 1 aliphatic heterocycles. The van der Waals surface area contributed by atoms with Gasteiger partial charge in [-0.3, -0.25) is 9.69 Å². The maximum atomic E-state index is 13.5. The number of alkyl halides is 3. The van der Waals surface area contributed by atoms with E-state index in [9.17, 15) is 22.8 Å². The van der Waals surface area contributed by atoms with Crippen LogP contribution < -0.4 is 10.6 Å². The number of ether oxygens (including phenoxy) is 1. The van der Waals surface area contributed by atoms with Gasteiger partial charge in [0, 0.05) is 4.88 Å². The van der Waals surface area contributed by atoms with E-state index in [2.05, 4.69) is 4.98 Å². The Labute approximate surface area is 197 Å². The molecular formula is C24H20F3N3O3S. The Morgan fingerprint density at radius 3 is 2.53 bits per heavy atom. The minimum absolute atomic E-state index is 0.0175. The van der Waals surface area contributed by atoms with Crippen molar-refractivity contribution in [3.05, 3.63) is 74.6 Å². The summed E-state index contributed by atoms with van der Waals surface area (Å²) >= 11 is 1.42. The Balaban J connectivity index is 1.82. The Hall–Kier alpha value is -3.66. The van der Waals surface area contributed by atoms with Crippen molar-refractivity contribution < 1.29 is 27.5 Å². The molecule has 34 heavy (non-hydrogen) atoms. The van der Waals surface area contributed by atoms with Crippen molar-refractivity contribution in [2.45, 2.75) is 26.6 Å². The van der Waals surface area contributed by atoms with Crippen LogP contribution in [0.5, 0.6) is 0 Å². The number of aryl methyl sites for hydroxylation is 1. The van der Waals surface area contributed by atoms with Crippen LogP contribution in [0.2, 0.25) is 0 Å². The monoisotopic (exact) mass is 487 g/mol. The van der Waals surface area contributed by atoms with Crippen LogP contribution in [0.1, 0.15) is 44.5 Å². The first-order valence-electron chi connectivity index (χ1n) is 10.3. The number of carbonyl (C=O) groups excluding carboxylic acids is 2. The van der Waals surface area contributed by atoms with Crippen molar-refractivity contribution in [3.63, 3.8) is 0 Å². The Kier molecular flexibility index (Phi) is 6.18. The van der Waals surface area contributed by atoms with Gasteiger partial charge in [-0.25, -0.2) is 9.78 Å². The van der Waals surface area contributed by atoms with Gasteiger partial charge in [0.2, 0.25) is 0 Å². The van der Waals surface area contributed by atoms with Crippen molar-refractivity contribution in [1.29, 1.82) is 0 Å². The van der Waals surface area contributed by atoms with Crippen LogP contribution in [0.3, 0.4) is 0 Å². The van der Waals surface area contributed by atoms with Crippen molar-refractivity contribution in [3.8, 4) is 0 Å². The van der Waals surface area contributed by atoms with Crippen molar-refractivity contribution >= 4 is 46.4 Å². The molecule has 0 saturated heterocycles. The van der Waals surface area contributed by atoms with Gasteiger partial charge in [0.15, 0.2) is 0 Å². The molecule has 1 aromatic carbocycles. The van der Waals surface area contributed by atoms with E-state index in [1.165, 1.54) is 28.4 Å². The van der Waals surface area contributed by atoms with Gasteiger partial charge in [-0.05, 0) is 49.1 Å². The van der Waals surface area contributed by atoms with Crippen LogP contribution in [0, 0.1) is 6.92 Å². The van der Waals surface area contributed by atoms with E-state index in [1.54, 1.807) is 19.9 Å². The maximum absolute atomic E-state index is 13.5. The number of hydrogen-bond acceptors (Lipinski definition) is 6. The molecule has 3 aromatic rings. The number of halogens is 3. The topological polar surface area (TPSA) is 85.5 Å². The third-order valence-electron chi connectivity index (χ3n) is 5.33.